The van der Waals surface area contributed by atoms with E-state index in [1.54, 1.807) is 0 Å². The summed E-state index contributed by atoms with van der Waals surface area (Å²) in [7, 11) is 4.19. The van der Waals surface area contributed by atoms with Crippen LogP contribution in [-0.4, -0.2) is 42.6 Å². The highest BCUT2D eigenvalue weighted by atomic mass is 15.1. The number of hydrogen-bond donors (Lipinski definition) is 1. The summed E-state index contributed by atoms with van der Waals surface area (Å²) < 4.78 is 0. The molecular formula is C13H23N3. The molecule has 0 spiro atoms. The molecule has 1 heterocycles. The molecule has 16 heavy (non-hydrogen) atoms. The molecule has 2 atom stereocenters. The molecule has 90 valence electrons. The Morgan fingerprint density at radius 2 is 1.94 bits per heavy atom. The summed E-state index contributed by atoms with van der Waals surface area (Å²) in [5.74, 6) is 0. The van der Waals surface area contributed by atoms with Crippen molar-refractivity contribution < 1.29 is 0 Å². The van der Waals surface area contributed by atoms with Crippen molar-refractivity contribution in [1.29, 1.82) is 0 Å². The van der Waals surface area contributed by atoms with Crippen LogP contribution in [0, 0.1) is 0 Å². The van der Waals surface area contributed by atoms with Gasteiger partial charge < -0.3 is 10.2 Å². The van der Waals surface area contributed by atoms with Crippen LogP contribution in [0.5, 0.6) is 0 Å². The quantitative estimate of drug-likeness (QED) is 0.790. The predicted molar refractivity (Wildman–Crippen MR) is 68.6 cm³/mol. The molecular weight excluding hydrogens is 198 g/mol. The first kappa shape index (κ1) is 13.1. The van der Waals surface area contributed by atoms with Crippen molar-refractivity contribution in [3.8, 4) is 0 Å². The molecule has 0 fully saturated rings. The first-order valence-corrected chi connectivity index (χ1v) is 5.91. The van der Waals surface area contributed by atoms with Crippen LogP contribution >= 0.6 is 0 Å². The van der Waals surface area contributed by atoms with Gasteiger partial charge in [0, 0.05) is 31.0 Å². The molecule has 0 radical (unpaired) electrons. The SMILES string of the molecule is CNC(C)C(C)N(C)CCc1ccncc1. The van der Waals surface area contributed by atoms with Crippen molar-refractivity contribution in [2.75, 3.05) is 20.6 Å². The fraction of sp³-hybridized carbons (Fsp3) is 0.615. The maximum Gasteiger partial charge on any atom is 0.0270 e. The number of likely N-dealkylation sites (N-methyl/N-ethyl adjacent to an activating group) is 2. The zero-order chi connectivity index (χ0) is 12.0. The number of nitrogens with one attached hydrogen (secondary N) is 1. The van der Waals surface area contributed by atoms with Gasteiger partial charge in [0.05, 0.1) is 0 Å². The van der Waals surface area contributed by atoms with Crippen LogP contribution in [-0.2, 0) is 6.42 Å². The summed E-state index contributed by atoms with van der Waals surface area (Å²) in [5.41, 5.74) is 1.35. The molecule has 1 aromatic heterocycles. The monoisotopic (exact) mass is 221 g/mol. The molecule has 0 aliphatic rings. The molecule has 1 N–H and O–H groups in total. The lowest BCUT2D eigenvalue weighted by atomic mass is 10.1. The van der Waals surface area contributed by atoms with E-state index in [0.29, 0.717) is 12.1 Å². The van der Waals surface area contributed by atoms with Gasteiger partial charge in [-0.25, -0.2) is 0 Å². The van der Waals surface area contributed by atoms with E-state index in [1.165, 1.54) is 5.56 Å². The van der Waals surface area contributed by atoms with Crippen molar-refractivity contribution in [3.63, 3.8) is 0 Å². The number of hydrogen-bond acceptors (Lipinski definition) is 3. The normalized spacial score (nSPS) is 15.1. The summed E-state index contributed by atoms with van der Waals surface area (Å²) in [4.78, 5) is 6.42. The second-order valence-electron chi connectivity index (χ2n) is 4.40. The lowest BCUT2D eigenvalue weighted by molar-refractivity contribution is 0.221. The minimum absolute atomic E-state index is 0.516. The Labute approximate surface area is 98.9 Å². The molecule has 1 rings (SSSR count). The van der Waals surface area contributed by atoms with Crippen LogP contribution in [0.1, 0.15) is 19.4 Å². The minimum atomic E-state index is 0.516. The van der Waals surface area contributed by atoms with Gasteiger partial charge in [-0.05, 0) is 52.1 Å². The Morgan fingerprint density at radius 1 is 1.31 bits per heavy atom. The van der Waals surface area contributed by atoms with Crippen molar-refractivity contribution in [3.05, 3.63) is 30.1 Å². The van der Waals surface area contributed by atoms with E-state index in [2.05, 4.69) is 48.2 Å². The number of pyridine rings is 1. The van der Waals surface area contributed by atoms with Crippen molar-refractivity contribution >= 4 is 0 Å². The van der Waals surface area contributed by atoms with Gasteiger partial charge in [0.1, 0.15) is 0 Å². The highest BCUT2D eigenvalue weighted by Crippen LogP contribution is 2.04. The average Bonchev–Trinajstić information content (AvgIpc) is 2.35. The van der Waals surface area contributed by atoms with E-state index in [1.807, 2.05) is 19.4 Å². The van der Waals surface area contributed by atoms with Crippen LogP contribution in [0.2, 0.25) is 0 Å². The second kappa shape index (κ2) is 6.61. The van der Waals surface area contributed by atoms with Crippen LogP contribution < -0.4 is 5.32 Å². The summed E-state index contributed by atoms with van der Waals surface area (Å²) >= 11 is 0. The number of aromatic nitrogens is 1. The van der Waals surface area contributed by atoms with Gasteiger partial charge in [0.2, 0.25) is 0 Å². The van der Waals surface area contributed by atoms with Gasteiger partial charge in [-0.15, -0.1) is 0 Å². The molecule has 0 saturated heterocycles. The Hall–Kier alpha value is -0.930. The minimum Gasteiger partial charge on any atom is -0.316 e. The van der Waals surface area contributed by atoms with E-state index in [4.69, 9.17) is 0 Å². The van der Waals surface area contributed by atoms with E-state index in [0.717, 1.165) is 13.0 Å². The third-order valence-corrected chi connectivity index (χ3v) is 3.38. The molecule has 0 bridgehead atoms. The summed E-state index contributed by atoms with van der Waals surface area (Å²) in [6.07, 6.45) is 4.80. The molecule has 0 aromatic carbocycles. The van der Waals surface area contributed by atoms with Crippen molar-refractivity contribution in [2.45, 2.75) is 32.4 Å². The largest absolute Gasteiger partial charge is 0.316 e. The van der Waals surface area contributed by atoms with Gasteiger partial charge in [-0.2, -0.15) is 0 Å². The van der Waals surface area contributed by atoms with Crippen LogP contribution in [0.4, 0.5) is 0 Å². The summed E-state index contributed by atoms with van der Waals surface area (Å²) in [6.45, 7) is 5.55. The number of rotatable bonds is 6. The first-order chi connectivity index (χ1) is 7.65. The fourth-order valence-corrected chi connectivity index (χ4v) is 1.68. The van der Waals surface area contributed by atoms with Gasteiger partial charge in [0.25, 0.3) is 0 Å². The van der Waals surface area contributed by atoms with E-state index >= 15 is 0 Å². The third-order valence-electron chi connectivity index (χ3n) is 3.38. The van der Waals surface area contributed by atoms with E-state index in [-0.39, 0.29) is 0 Å². The van der Waals surface area contributed by atoms with Crippen LogP contribution in [0.25, 0.3) is 0 Å². The molecule has 0 saturated carbocycles. The first-order valence-electron chi connectivity index (χ1n) is 5.91. The lowest BCUT2D eigenvalue weighted by Crippen LogP contribution is -2.44. The standard InChI is InChI=1S/C13H23N3/c1-11(14-3)12(2)16(4)10-7-13-5-8-15-9-6-13/h5-6,8-9,11-12,14H,7,10H2,1-4H3. The molecule has 3 nitrogen and oxygen atoms in total. The molecule has 1 aromatic rings. The lowest BCUT2D eigenvalue weighted by Gasteiger charge is -2.29. The summed E-state index contributed by atoms with van der Waals surface area (Å²) in [5, 5.41) is 3.29. The van der Waals surface area contributed by atoms with Gasteiger partial charge in [-0.3, -0.25) is 4.98 Å². The topological polar surface area (TPSA) is 28.2 Å². The molecule has 0 aliphatic heterocycles. The van der Waals surface area contributed by atoms with Crippen molar-refractivity contribution in [1.82, 2.24) is 15.2 Å². The second-order valence-corrected chi connectivity index (χ2v) is 4.40. The highest BCUT2D eigenvalue weighted by Gasteiger charge is 2.14. The molecule has 3 heteroatoms. The smallest absolute Gasteiger partial charge is 0.0270 e. The van der Waals surface area contributed by atoms with Gasteiger partial charge in [0.15, 0.2) is 0 Å². The van der Waals surface area contributed by atoms with Gasteiger partial charge >= 0.3 is 0 Å². The van der Waals surface area contributed by atoms with E-state index < -0.39 is 0 Å². The predicted octanol–water partition coefficient (Wildman–Crippen LogP) is 1.55. The zero-order valence-corrected chi connectivity index (χ0v) is 10.8. The van der Waals surface area contributed by atoms with Crippen LogP contribution in [0.3, 0.4) is 0 Å². The van der Waals surface area contributed by atoms with Gasteiger partial charge in [-0.1, -0.05) is 0 Å². The third kappa shape index (κ3) is 3.91. The Bertz CT molecular complexity index is 286. The Kier molecular flexibility index (Phi) is 5.43. The summed E-state index contributed by atoms with van der Waals surface area (Å²) in [6, 6.07) is 5.23. The maximum absolute atomic E-state index is 4.03. The highest BCUT2D eigenvalue weighted by molar-refractivity contribution is 5.09. The molecule has 0 aliphatic carbocycles. The zero-order valence-electron chi connectivity index (χ0n) is 10.8. The maximum atomic E-state index is 4.03. The Morgan fingerprint density at radius 3 is 2.50 bits per heavy atom. The van der Waals surface area contributed by atoms with Crippen molar-refractivity contribution in [2.24, 2.45) is 0 Å². The molecule has 2 unspecified atom stereocenters. The average molecular weight is 221 g/mol. The van der Waals surface area contributed by atoms with E-state index in [9.17, 15) is 0 Å². The fourth-order valence-electron chi connectivity index (χ4n) is 1.68. The van der Waals surface area contributed by atoms with Crippen LogP contribution in [0.15, 0.2) is 24.5 Å². The number of nitrogens with zero attached hydrogens (tertiary/aromatic N) is 2. The molecule has 0 amide bonds. The Balaban J connectivity index is 2.38.